The maximum Gasteiger partial charge on any atom is 0.330 e. The molecule has 0 aromatic heterocycles. The van der Waals surface area contributed by atoms with Crippen LogP contribution in [-0.4, -0.2) is 11.1 Å². The van der Waals surface area contributed by atoms with Crippen LogP contribution in [0.25, 0.3) is 0 Å². The Morgan fingerprint density at radius 3 is 0.762 bits per heavy atom. The van der Waals surface area contributed by atoms with Gasteiger partial charge in [0.05, 0.1) is 0 Å². The molecule has 0 unspecified atom stereocenters. The molecule has 0 aliphatic heterocycles. The minimum atomic E-state index is -0.781. The molecule has 0 rings (SSSR count). The summed E-state index contributed by atoms with van der Waals surface area (Å²) in [6, 6.07) is 0. The number of rotatable bonds is 36. The average Bonchev–Trinajstić information content (AvgIpc) is 2.99. The van der Waals surface area contributed by atoms with Crippen LogP contribution < -0.4 is 0 Å². The van der Waals surface area contributed by atoms with Crippen molar-refractivity contribution < 1.29 is 9.90 Å². The standard InChI is InChI=1S/C40H78O2/c1-3-4-5-6-7-8-9-10-11-12-13-14-15-16-17-18-19-20-21-22-23-24-25-26-27-28-29-30-31-32-33-34-35-36-37-38-39(2)40(41)42/h38H,3-37H2,1-2H3,(H,41,42). The Labute approximate surface area is 265 Å². The molecular formula is C40H78O2. The molecule has 0 aromatic rings. The first-order valence-electron chi connectivity index (χ1n) is 19.6. The second-order valence-corrected chi connectivity index (χ2v) is 13.6. The molecule has 2 heteroatoms. The Morgan fingerprint density at radius 1 is 0.381 bits per heavy atom. The van der Waals surface area contributed by atoms with Crippen molar-refractivity contribution in [3.05, 3.63) is 11.6 Å². The highest BCUT2D eigenvalue weighted by Gasteiger charge is 1.99. The van der Waals surface area contributed by atoms with Crippen LogP contribution in [0.15, 0.2) is 11.6 Å². The highest BCUT2D eigenvalue weighted by Crippen LogP contribution is 2.17. The van der Waals surface area contributed by atoms with Gasteiger partial charge in [-0.05, 0) is 19.8 Å². The molecule has 0 spiro atoms. The van der Waals surface area contributed by atoms with E-state index in [1.165, 1.54) is 212 Å². The Bertz CT molecular complexity index is 552. The number of carboxylic acids is 1. The lowest BCUT2D eigenvalue weighted by Crippen LogP contribution is -1.95. The Morgan fingerprint density at radius 2 is 0.571 bits per heavy atom. The third-order valence-electron chi connectivity index (χ3n) is 9.35. The Balaban J connectivity index is 3.08. The molecule has 0 amide bonds. The highest BCUT2D eigenvalue weighted by atomic mass is 16.4. The van der Waals surface area contributed by atoms with E-state index in [1.807, 2.05) is 6.08 Å². The van der Waals surface area contributed by atoms with Crippen molar-refractivity contribution in [3.63, 3.8) is 0 Å². The molecule has 0 saturated heterocycles. The number of unbranched alkanes of at least 4 members (excludes halogenated alkanes) is 34. The van der Waals surface area contributed by atoms with Crippen molar-refractivity contribution in [3.8, 4) is 0 Å². The van der Waals surface area contributed by atoms with Crippen LogP contribution in [-0.2, 0) is 4.79 Å². The topological polar surface area (TPSA) is 37.3 Å². The van der Waals surface area contributed by atoms with Gasteiger partial charge in [0, 0.05) is 5.57 Å². The second kappa shape index (κ2) is 36.4. The summed E-state index contributed by atoms with van der Waals surface area (Å²) < 4.78 is 0. The van der Waals surface area contributed by atoms with Crippen LogP contribution in [0.5, 0.6) is 0 Å². The molecule has 0 bridgehead atoms. The van der Waals surface area contributed by atoms with Gasteiger partial charge in [0.25, 0.3) is 0 Å². The zero-order valence-corrected chi connectivity index (χ0v) is 29.2. The van der Waals surface area contributed by atoms with Crippen molar-refractivity contribution in [2.24, 2.45) is 0 Å². The van der Waals surface area contributed by atoms with Crippen molar-refractivity contribution in [1.29, 1.82) is 0 Å². The zero-order chi connectivity index (χ0) is 30.6. The Hall–Kier alpha value is -0.790. The maximum absolute atomic E-state index is 10.7. The third-order valence-corrected chi connectivity index (χ3v) is 9.35. The third kappa shape index (κ3) is 35.4. The highest BCUT2D eigenvalue weighted by molar-refractivity contribution is 5.85. The van der Waals surface area contributed by atoms with E-state index in [0.717, 1.165) is 12.8 Å². The van der Waals surface area contributed by atoms with Gasteiger partial charge < -0.3 is 5.11 Å². The summed E-state index contributed by atoms with van der Waals surface area (Å²) in [5.41, 5.74) is 0.487. The molecule has 42 heavy (non-hydrogen) atoms. The van der Waals surface area contributed by atoms with Crippen LogP contribution in [0.1, 0.15) is 239 Å². The van der Waals surface area contributed by atoms with Crippen LogP contribution in [0.4, 0.5) is 0 Å². The van der Waals surface area contributed by atoms with E-state index in [9.17, 15) is 4.79 Å². The molecule has 0 aromatic carbocycles. The Kier molecular flexibility index (Phi) is 35.7. The first-order valence-corrected chi connectivity index (χ1v) is 19.6. The predicted molar refractivity (Wildman–Crippen MR) is 189 cm³/mol. The number of hydrogen-bond acceptors (Lipinski definition) is 1. The summed E-state index contributed by atoms with van der Waals surface area (Å²) in [5, 5.41) is 8.84. The minimum absolute atomic E-state index is 0.487. The average molecular weight is 591 g/mol. The summed E-state index contributed by atoms with van der Waals surface area (Å²) in [6.07, 6.45) is 51.6. The first kappa shape index (κ1) is 41.2. The van der Waals surface area contributed by atoms with Gasteiger partial charge in [-0.25, -0.2) is 4.79 Å². The van der Waals surface area contributed by atoms with Crippen LogP contribution in [0.2, 0.25) is 0 Å². The van der Waals surface area contributed by atoms with Crippen LogP contribution in [0.3, 0.4) is 0 Å². The van der Waals surface area contributed by atoms with Crippen LogP contribution >= 0.6 is 0 Å². The van der Waals surface area contributed by atoms with E-state index >= 15 is 0 Å². The number of carbonyl (C=O) groups is 1. The van der Waals surface area contributed by atoms with Crippen molar-refractivity contribution >= 4 is 5.97 Å². The molecule has 0 atom stereocenters. The van der Waals surface area contributed by atoms with E-state index in [4.69, 9.17) is 5.11 Å². The summed E-state index contributed by atoms with van der Waals surface area (Å²) in [5.74, 6) is -0.781. The number of carboxylic acid groups (broad SMARTS) is 1. The lowest BCUT2D eigenvalue weighted by molar-refractivity contribution is -0.132. The molecule has 0 saturated carbocycles. The molecular weight excluding hydrogens is 512 g/mol. The molecule has 1 N–H and O–H groups in total. The van der Waals surface area contributed by atoms with Gasteiger partial charge in [-0.3, -0.25) is 0 Å². The summed E-state index contributed by atoms with van der Waals surface area (Å²) in [6.45, 7) is 3.99. The lowest BCUT2D eigenvalue weighted by atomic mass is 10.0. The molecule has 250 valence electrons. The SMILES string of the molecule is CCCCCCCCCCCCCCCCCCCCCCCCCCCCCCCCCCCCC=C(C)C(=O)O. The van der Waals surface area contributed by atoms with Gasteiger partial charge in [0.1, 0.15) is 0 Å². The summed E-state index contributed by atoms with van der Waals surface area (Å²) in [7, 11) is 0. The van der Waals surface area contributed by atoms with E-state index < -0.39 is 5.97 Å². The minimum Gasteiger partial charge on any atom is -0.478 e. The fourth-order valence-electron chi connectivity index (χ4n) is 6.28. The molecule has 0 aliphatic carbocycles. The van der Waals surface area contributed by atoms with Gasteiger partial charge in [0.2, 0.25) is 0 Å². The van der Waals surface area contributed by atoms with Gasteiger partial charge in [-0.15, -0.1) is 0 Å². The smallest absolute Gasteiger partial charge is 0.330 e. The zero-order valence-electron chi connectivity index (χ0n) is 29.2. The van der Waals surface area contributed by atoms with E-state index in [0.29, 0.717) is 5.57 Å². The molecule has 0 fully saturated rings. The fourth-order valence-corrected chi connectivity index (χ4v) is 6.28. The summed E-state index contributed by atoms with van der Waals surface area (Å²) >= 11 is 0. The molecule has 0 aliphatic rings. The fraction of sp³-hybridized carbons (Fsp3) is 0.925. The van der Waals surface area contributed by atoms with Crippen molar-refractivity contribution in [2.75, 3.05) is 0 Å². The quantitative estimate of drug-likeness (QED) is 0.0582. The van der Waals surface area contributed by atoms with E-state index in [1.54, 1.807) is 6.92 Å². The normalized spacial score (nSPS) is 11.9. The van der Waals surface area contributed by atoms with Crippen molar-refractivity contribution in [2.45, 2.75) is 239 Å². The van der Waals surface area contributed by atoms with Crippen LogP contribution in [0, 0.1) is 0 Å². The second-order valence-electron chi connectivity index (χ2n) is 13.6. The van der Waals surface area contributed by atoms with E-state index in [2.05, 4.69) is 6.92 Å². The van der Waals surface area contributed by atoms with Gasteiger partial charge in [-0.1, -0.05) is 225 Å². The molecule has 0 radical (unpaired) electrons. The number of aliphatic carboxylic acids is 1. The summed E-state index contributed by atoms with van der Waals surface area (Å²) in [4.78, 5) is 10.7. The molecule has 2 nitrogen and oxygen atoms in total. The first-order chi connectivity index (χ1) is 20.7. The van der Waals surface area contributed by atoms with Gasteiger partial charge in [0.15, 0.2) is 0 Å². The lowest BCUT2D eigenvalue weighted by Gasteiger charge is -2.05. The largest absolute Gasteiger partial charge is 0.478 e. The van der Waals surface area contributed by atoms with Crippen molar-refractivity contribution in [1.82, 2.24) is 0 Å². The van der Waals surface area contributed by atoms with Gasteiger partial charge >= 0.3 is 5.97 Å². The van der Waals surface area contributed by atoms with Gasteiger partial charge in [-0.2, -0.15) is 0 Å². The number of hydrogen-bond donors (Lipinski definition) is 1. The maximum atomic E-state index is 10.7. The molecule has 0 heterocycles. The number of allylic oxidation sites excluding steroid dienone is 1. The predicted octanol–water partition coefficient (Wildman–Crippen LogP) is 14.7. The monoisotopic (exact) mass is 591 g/mol. The van der Waals surface area contributed by atoms with E-state index in [-0.39, 0.29) is 0 Å².